The molecule has 0 spiro atoms. The predicted molar refractivity (Wildman–Crippen MR) is 107 cm³/mol. The first-order valence-corrected chi connectivity index (χ1v) is 9.15. The molecule has 1 atom stereocenters. The first-order chi connectivity index (χ1) is 12.4. The van der Waals surface area contributed by atoms with Gasteiger partial charge in [0.15, 0.2) is 0 Å². The van der Waals surface area contributed by atoms with Gasteiger partial charge in [-0.15, -0.1) is 0 Å². The lowest BCUT2D eigenvalue weighted by Crippen LogP contribution is -2.48. The fraction of sp³-hybridized carbons (Fsp3) is 0.409. The maximum absolute atomic E-state index is 13.4. The minimum atomic E-state index is -0.286. The van der Waals surface area contributed by atoms with Crippen LogP contribution in [0.2, 0.25) is 0 Å². The summed E-state index contributed by atoms with van der Waals surface area (Å²) in [6.07, 6.45) is 2.86. The molecular formula is C22H27FN2O. The third kappa shape index (κ3) is 3.46. The van der Waals surface area contributed by atoms with Gasteiger partial charge in [0.05, 0.1) is 12.8 Å². The molecule has 3 rings (SSSR count). The van der Waals surface area contributed by atoms with Gasteiger partial charge in [0, 0.05) is 35.6 Å². The van der Waals surface area contributed by atoms with E-state index in [0.29, 0.717) is 11.6 Å². The van der Waals surface area contributed by atoms with Crippen LogP contribution in [0, 0.1) is 5.82 Å². The Morgan fingerprint density at radius 2 is 2.08 bits per heavy atom. The van der Waals surface area contributed by atoms with Gasteiger partial charge in [0.1, 0.15) is 11.6 Å². The average Bonchev–Trinajstić information content (AvgIpc) is 2.59. The average molecular weight is 354 g/mol. The van der Waals surface area contributed by atoms with E-state index in [4.69, 9.17) is 4.74 Å². The number of aliphatic imine (C=N–C) groups is 1. The summed E-state index contributed by atoms with van der Waals surface area (Å²) in [7, 11) is 1.68. The van der Waals surface area contributed by atoms with Gasteiger partial charge in [-0.25, -0.2) is 4.39 Å². The van der Waals surface area contributed by atoms with Crippen molar-refractivity contribution in [3.63, 3.8) is 0 Å². The quantitative estimate of drug-likeness (QED) is 0.658. The van der Waals surface area contributed by atoms with E-state index in [1.54, 1.807) is 25.5 Å². The summed E-state index contributed by atoms with van der Waals surface area (Å²) in [6.45, 7) is 10.00. The van der Waals surface area contributed by atoms with E-state index in [1.807, 2.05) is 0 Å². The minimum Gasteiger partial charge on any atom is -0.496 e. The summed E-state index contributed by atoms with van der Waals surface area (Å²) in [5.74, 6) is 0.953. The van der Waals surface area contributed by atoms with E-state index in [1.165, 1.54) is 23.4 Å². The van der Waals surface area contributed by atoms with Crippen LogP contribution in [0.15, 0.2) is 41.4 Å². The molecule has 0 aromatic heterocycles. The molecule has 0 saturated heterocycles. The Kier molecular flexibility index (Phi) is 5.03. The molecule has 1 aliphatic heterocycles. The second kappa shape index (κ2) is 7.10. The van der Waals surface area contributed by atoms with Gasteiger partial charge in [-0.1, -0.05) is 13.0 Å². The molecular weight excluding hydrogens is 327 g/mol. The number of ether oxygens (including phenoxy) is 1. The van der Waals surface area contributed by atoms with E-state index in [0.717, 1.165) is 24.3 Å². The predicted octanol–water partition coefficient (Wildman–Crippen LogP) is 5.70. The monoisotopic (exact) mass is 354 g/mol. The van der Waals surface area contributed by atoms with Crippen molar-refractivity contribution in [1.29, 1.82) is 0 Å². The SMILES string of the molecule is CCN1c2cc(OC)c(C=Nc3cccc(F)c3)cc2C(C)CC1(C)C. The van der Waals surface area contributed by atoms with Crippen LogP contribution >= 0.6 is 0 Å². The Bertz CT molecular complexity index is 829. The number of halogens is 1. The Morgan fingerprint density at radius 3 is 2.73 bits per heavy atom. The van der Waals surface area contributed by atoms with Crippen LogP contribution < -0.4 is 9.64 Å². The third-order valence-electron chi connectivity index (χ3n) is 5.21. The third-order valence-corrected chi connectivity index (χ3v) is 5.21. The zero-order valence-electron chi connectivity index (χ0n) is 16.2. The van der Waals surface area contributed by atoms with Crippen LogP contribution in [0.4, 0.5) is 15.8 Å². The Labute approximate surface area is 155 Å². The van der Waals surface area contributed by atoms with Crippen LogP contribution in [0.1, 0.15) is 51.2 Å². The Hall–Kier alpha value is -2.36. The van der Waals surface area contributed by atoms with Gasteiger partial charge in [-0.2, -0.15) is 0 Å². The normalized spacial score (nSPS) is 18.8. The molecule has 0 fully saturated rings. The molecule has 0 amide bonds. The first-order valence-electron chi connectivity index (χ1n) is 9.15. The summed E-state index contributed by atoms with van der Waals surface area (Å²) in [5, 5.41) is 0. The molecule has 2 aromatic carbocycles. The lowest BCUT2D eigenvalue weighted by Gasteiger charge is -2.47. The molecule has 0 saturated carbocycles. The van der Waals surface area contributed by atoms with Crippen molar-refractivity contribution in [1.82, 2.24) is 0 Å². The topological polar surface area (TPSA) is 24.8 Å². The Morgan fingerprint density at radius 1 is 1.31 bits per heavy atom. The molecule has 0 aliphatic carbocycles. The van der Waals surface area contributed by atoms with Crippen molar-refractivity contribution in [3.8, 4) is 5.75 Å². The molecule has 138 valence electrons. The van der Waals surface area contributed by atoms with Gasteiger partial charge >= 0.3 is 0 Å². The van der Waals surface area contributed by atoms with E-state index >= 15 is 0 Å². The minimum absolute atomic E-state index is 0.114. The fourth-order valence-corrected chi connectivity index (χ4v) is 4.10. The highest BCUT2D eigenvalue weighted by atomic mass is 19.1. The van der Waals surface area contributed by atoms with Crippen molar-refractivity contribution in [2.45, 2.75) is 45.6 Å². The highest BCUT2D eigenvalue weighted by Crippen LogP contribution is 2.45. The van der Waals surface area contributed by atoms with E-state index < -0.39 is 0 Å². The van der Waals surface area contributed by atoms with Crippen molar-refractivity contribution in [2.75, 3.05) is 18.6 Å². The Balaban J connectivity index is 2.05. The van der Waals surface area contributed by atoms with Gasteiger partial charge in [-0.3, -0.25) is 4.99 Å². The largest absolute Gasteiger partial charge is 0.496 e. The zero-order chi connectivity index (χ0) is 18.9. The summed E-state index contributed by atoms with van der Waals surface area (Å²) >= 11 is 0. The van der Waals surface area contributed by atoms with Crippen LogP contribution in [0.3, 0.4) is 0 Å². The second-order valence-electron chi connectivity index (χ2n) is 7.55. The summed E-state index contributed by atoms with van der Waals surface area (Å²) in [5.41, 5.74) is 4.17. The highest BCUT2D eigenvalue weighted by Gasteiger charge is 2.36. The van der Waals surface area contributed by atoms with Gasteiger partial charge in [0.25, 0.3) is 0 Å². The summed E-state index contributed by atoms with van der Waals surface area (Å²) in [4.78, 5) is 6.87. The maximum atomic E-state index is 13.4. The van der Waals surface area contributed by atoms with Crippen molar-refractivity contribution in [3.05, 3.63) is 53.3 Å². The molecule has 1 aliphatic rings. The van der Waals surface area contributed by atoms with E-state index in [-0.39, 0.29) is 11.4 Å². The van der Waals surface area contributed by atoms with Gasteiger partial charge < -0.3 is 9.64 Å². The molecule has 0 bridgehead atoms. The molecule has 4 heteroatoms. The number of rotatable bonds is 4. The van der Waals surface area contributed by atoms with Crippen molar-refractivity contribution >= 4 is 17.6 Å². The molecule has 1 unspecified atom stereocenters. The maximum Gasteiger partial charge on any atom is 0.129 e. The van der Waals surface area contributed by atoms with Crippen molar-refractivity contribution < 1.29 is 9.13 Å². The smallest absolute Gasteiger partial charge is 0.129 e. The summed E-state index contributed by atoms with van der Waals surface area (Å²) in [6, 6.07) is 10.6. The number of nitrogens with zero attached hydrogens (tertiary/aromatic N) is 2. The molecule has 0 N–H and O–H groups in total. The van der Waals surface area contributed by atoms with E-state index in [9.17, 15) is 4.39 Å². The number of methoxy groups -OCH3 is 1. The molecule has 2 aromatic rings. The van der Waals surface area contributed by atoms with Crippen LogP contribution in [-0.2, 0) is 0 Å². The molecule has 26 heavy (non-hydrogen) atoms. The number of benzene rings is 2. The first kappa shape index (κ1) is 18.4. The second-order valence-corrected chi connectivity index (χ2v) is 7.55. The zero-order valence-corrected chi connectivity index (χ0v) is 16.2. The van der Waals surface area contributed by atoms with Crippen LogP contribution in [0.25, 0.3) is 0 Å². The van der Waals surface area contributed by atoms with Crippen LogP contribution in [-0.4, -0.2) is 25.4 Å². The number of fused-ring (bicyclic) bond motifs is 1. The number of hydrogen-bond donors (Lipinski definition) is 0. The number of hydrogen-bond acceptors (Lipinski definition) is 3. The lowest BCUT2D eigenvalue weighted by molar-refractivity contribution is 0.377. The van der Waals surface area contributed by atoms with Gasteiger partial charge in [-0.05, 0) is 62.9 Å². The number of anilines is 1. The summed E-state index contributed by atoms with van der Waals surface area (Å²) < 4.78 is 19.0. The highest BCUT2D eigenvalue weighted by molar-refractivity contribution is 5.87. The van der Waals surface area contributed by atoms with Gasteiger partial charge in [0.2, 0.25) is 0 Å². The molecule has 0 radical (unpaired) electrons. The van der Waals surface area contributed by atoms with Crippen LogP contribution in [0.5, 0.6) is 5.75 Å². The molecule has 1 heterocycles. The molecule has 3 nitrogen and oxygen atoms in total. The van der Waals surface area contributed by atoms with Crippen molar-refractivity contribution in [2.24, 2.45) is 4.99 Å². The van der Waals surface area contributed by atoms with E-state index in [2.05, 4.69) is 49.7 Å². The standard InChI is InChI=1S/C22H27FN2O/c1-6-25-20-12-21(26-5)16(10-19(20)15(2)13-22(25,3)4)14-24-18-9-7-8-17(23)11-18/h7-12,14-15H,6,13H2,1-5H3. The fourth-order valence-electron chi connectivity index (χ4n) is 4.10. The lowest BCUT2D eigenvalue weighted by atomic mass is 9.79.